The number of hydrogen-bond donors (Lipinski definition) is 2. The van der Waals surface area contributed by atoms with Crippen LogP contribution in [0.2, 0.25) is 0 Å². The van der Waals surface area contributed by atoms with Gasteiger partial charge in [-0.1, -0.05) is 22.0 Å². The van der Waals surface area contributed by atoms with Crippen molar-refractivity contribution >= 4 is 45.1 Å². The number of nitro benzene ring substituents is 1. The first-order valence-electron chi connectivity index (χ1n) is 8.15. The van der Waals surface area contributed by atoms with Crippen LogP contribution in [0.4, 0.5) is 15.8 Å². The third-order valence-electron chi connectivity index (χ3n) is 3.58. The molecule has 2 amide bonds. The quantitative estimate of drug-likeness (QED) is 0.366. The van der Waals surface area contributed by atoms with E-state index < -0.39 is 41.2 Å². The molecule has 1 atom stereocenters. The highest BCUT2D eigenvalue weighted by molar-refractivity contribution is 9.10. The van der Waals surface area contributed by atoms with Crippen LogP contribution >= 0.6 is 15.9 Å². The summed E-state index contributed by atoms with van der Waals surface area (Å²) in [5.74, 6) is -3.07. The number of amides is 2. The van der Waals surface area contributed by atoms with Crippen LogP contribution in [0.1, 0.15) is 17.3 Å². The number of nitrogens with one attached hydrogen (secondary N) is 2. The molecule has 2 rings (SSSR count). The largest absolute Gasteiger partial charge is 0.451 e. The Morgan fingerprint density at radius 3 is 2.62 bits per heavy atom. The molecular weight excluding hydrogens is 453 g/mol. The lowest BCUT2D eigenvalue weighted by atomic mass is 10.2. The van der Waals surface area contributed by atoms with Gasteiger partial charge in [0.25, 0.3) is 17.5 Å². The van der Waals surface area contributed by atoms with Gasteiger partial charge in [-0.15, -0.1) is 0 Å². The van der Waals surface area contributed by atoms with Gasteiger partial charge in [-0.2, -0.15) is 0 Å². The number of hydrogen-bond acceptors (Lipinski definition) is 6. The Labute approximate surface area is 172 Å². The van der Waals surface area contributed by atoms with Crippen molar-refractivity contribution in [3.8, 4) is 0 Å². The lowest BCUT2D eigenvalue weighted by Gasteiger charge is -2.14. The molecule has 0 heterocycles. The lowest BCUT2D eigenvalue weighted by molar-refractivity contribution is -0.384. The molecule has 1 unspecified atom stereocenters. The van der Waals surface area contributed by atoms with Crippen LogP contribution in [0, 0.1) is 15.9 Å². The number of rotatable bonds is 7. The van der Waals surface area contributed by atoms with Crippen LogP contribution in [-0.4, -0.2) is 35.4 Å². The van der Waals surface area contributed by atoms with Crippen molar-refractivity contribution in [2.24, 2.45) is 0 Å². The Kier molecular flexibility index (Phi) is 7.37. The van der Waals surface area contributed by atoms with Gasteiger partial charge < -0.3 is 15.4 Å². The first kappa shape index (κ1) is 22.0. The Morgan fingerprint density at radius 1 is 1.24 bits per heavy atom. The standard InChI is InChI=1S/C18H15BrFN3O6/c1-10(17(25)22-15-6-5-12(19)8-14(15)20)29-16(24)9-21-18(26)11-3-2-4-13(7-11)23(27)28/h2-8,10H,9H2,1H3,(H,21,26)(H,22,25). The fourth-order valence-electron chi connectivity index (χ4n) is 2.13. The summed E-state index contributed by atoms with van der Waals surface area (Å²) in [6, 6.07) is 8.98. The second-order valence-corrected chi connectivity index (χ2v) is 6.65. The van der Waals surface area contributed by atoms with Gasteiger partial charge in [0.15, 0.2) is 6.10 Å². The topological polar surface area (TPSA) is 128 Å². The molecule has 0 aromatic heterocycles. The van der Waals surface area contributed by atoms with E-state index in [4.69, 9.17) is 4.74 Å². The van der Waals surface area contributed by atoms with Gasteiger partial charge >= 0.3 is 5.97 Å². The number of esters is 1. The van der Waals surface area contributed by atoms with Crippen molar-refractivity contribution in [1.82, 2.24) is 5.32 Å². The predicted molar refractivity (Wildman–Crippen MR) is 104 cm³/mol. The van der Waals surface area contributed by atoms with Gasteiger partial charge in [0.1, 0.15) is 12.4 Å². The van der Waals surface area contributed by atoms with Crippen molar-refractivity contribution in [1.29, 1.82) is 0 Å². The number of carbonyl (C=O) groups is 3. The van der Waals surface area contributed by atoms with E-state index >= 15 is 0 Å². The third-order valence-corrected chi connectivity index (χ3v) is 4.07. The molecule has 0 saturated heterocycles. The van der Waals surface area contributed by atoms with E-state index in [0.29, 0.717) is 4.47 Å². The molecule has 2 aromatic carbocycles. The highest BCUT2D eigenvalue weighted by Crippen LogP contribution is 2.19. The Hall–Kier alpha value is -3.34. The van der Waals surface area contributed by atoms with E-state index in [0.717, 1.165) is 12.1 Å². The van der Waals surface area contributed by atoms with Gasteiger partial charge in [-0.25, -0.2) is 4.39 Å². The maximum absolute atomic E-state index is 13.7. The van der Waals surface area contributed by atoms with Crippen molar-refractivity contribution in [3.63, 3.8) is 0 Å². The zero-order valence-corrected chi connectivity index (χ0v) is 16.6. The van der Waals surface area contributed by atoms with Gasteiger partial charge in [-0.3, -0.25) is 24.5 Å². The number of non-ortho nitro benzene ring substituents is 1. The van der Waals surface area contributed by atoms with Gasteiger partial charge in [0.05, 0.1) is 10.6 Å². The first-order valence-corrected chi connectivity index (χ1v) is 8.94. The van der Waals surface area contributed by atoms with E-state index in [-0.39, 0.29) is 16.9 Å². The van der Waals surface area contributed by atoms with Crippen molar-refractivity contribution in [3.05, 3.63) is 68.4 Å². The zero-order valence-electron chi connectivity index (χ0n) is 15.0. The van der Waals surface area contributed by atoms with Gasteiger partial charge in [0.2, 0.25) is 0 Å². The van der Waals surface area contributed by atoms with Crippen LogP contribution in [-0.2, 0) is 14.3 Å². The maximum Gasteiger partial charge on any atom is 0.326 e. The molecule has 0 aliphatic carbocycles. The van der Waals surface area contributed by atoms with E-state index in [1.165, 1.54) is 37.3 Å². The maximum atomic E-state index is 13.7. The highest BCUT2D eigenvalue weighted by Gasteiger charge is 2.20. The summed E-state index contributed by atoms with van der Waals surface area (Å²) in [4.78, 5) is 45.9. The number of anilines is 1. The molecule has 0 radical (unpaired) electrons. The molecule has 0 spiro atoms. The van der Waals surface area contributed by atoms with Crippen molar-refractivity contribution < 1.29 is 28.4 Å². The number of ether oxygens (including phenoxy) is 1. The van der Waals surface area contributed by atoms with Crippen LogP contribution < -0.4 is 10.6 Å². The van der Waals surface area contributed by atoms with Crippen molar-refractivity contribution in [2.45, 2.75) is 13.0 Å². The van der Waals surface area contributed by atoms with E-state index in [2.05, 4.69) is 26.6 Å². The third kappa shape index (κ3) is 6.35. The number of halogens is 2. The molecule has 0 saturated carbocycles. The summed E-state index contributed by atoms with van der Waals surface area (Å²) in [6.45, 7) is 0.720. The average molecular weight is 468 g/mol. The second-order valence-electron chi connectivity index (χ2n) is 5.74. The molecule has 0 aliphatic heterocycles. The fourth-order valence-corrected chi connectivity index (χ4v) is 2.47. The number of carbonyl (C=O) groups excluding carboxylic acids is 3. The highest BCUT2D eigenvalue weighted by atomic mass is 79.9. The average Bonchev–Trinajstić information content (AvgIpc) is 2.68. The smallest absolute Gasteiger partial charge is 0.326 e. The Balaban J connectivity index is 1.86. The summed E-state index contributed by atoms with van der Waals surface area (Å²) >= 11 is 3.09. The number of nitro groups is 1. The zero-order chi connectivity index (χ0) is 21.6. The van der Waals surface area contributed by atoms with Crippen LogP contribution in [0.15, 0.2) is 46.9 Å². The summed E-state index contributed by atoms with van der Waals surface area (Å²) in [5.41, 5.74) is -0.366. The Bertz CT molecular complexity index is 968. The molecular formula is C18H15BrFN3O6. The normalized spacial score (nSPS) is 11.3. The van der Waals surface area contributed by atoms with E-state index in [1.807, 2.05) is 0 Å². The summed E-state index contributed by atoms with van der Waals surface area (Å²) < 4.78 is 19.1. The molecule has 9 nitrogen and oxygen atoms in total. The number of nitrogens with zero attached hydrogens (tertiary/aromatic N) is 1. The van der Waals surface area contributed by atoms with Crippen LogP contribution in [0.5, 0.6) is 0 Å². The molecule has 2 aromatic rings. The van der Waals surface area contributed by atoms with Gasteiger partial charge in [0, 0.05) is 22.2 Å². The van der Waals surface area contributed by atoms with E-state index in [1.54, 1.807) is 0 Å². The number of benzene rings is 2. The summed E-state index contributed by atoms with van der Waals surface area (Å²) in [6.07, 6.45) is -1.25. The minimum atomic E-state index is -1.25. The van der Waals surface area contributed by atoms with Crippen molar-refractivity contribution in [2.75, 3.05) is 11.9 Å². The van der Waals surface area contributed by atoms with Crippen LogP contribution in [0.25, 0.3) is 0 Å². The molecule has 2 N–H and O–H groups in total. The predicted octanol–water partition coefficient (Wildman–Crippen LogP) is 2.80. The first-order chi connectivity index (χ1) is 13.7. The second kappa shape index (κ2) is 9.73. The summed E-state index contributed by atoms with van der Waals surface area (Å²) in [7, 11) is 0. The molecule has 0 aliphatic rings. The molecule has 11 heteroatoms. The minimum Gasteiger partial charge on any atom is -0.451 e. The fraction of sp³-hybridized carbons (Fsp3) is 0.167. The molecule has 152 valence electrons. The minimum absolute atomic E-state index is 0.0106. The summed E-state index contributed by atoms with van der Waals surface area (Å²) in [5, 5.41) is 15.3. The SMILES string of the molecule is CC(OC(=O)CNC(=O)c1cccc([N+](=O)[O-])c1)C(=O)Nc1ccc(Br)cc1F. The van der Waals surface area contributed by atoms with Gasteiger partial charge in [-0.05, 0) is 31.2 Å². The lowest BCUT2D eigenvalue weighted by Crippen LogP contribution is -2.36. The monoisotopic (exact) mass is 467 g/mol. The molecule has 0 bridgehead atoms. The van der Waals surface area contributed by atoms with E-state index in [9.17, 15) is 28.9 Å². The molecule has 29 heavy (non-hydrogen) atoms. The molecule has 0 fully saturated rings. The Morgan fingerprint density at radius 2 is 1.97 bits per heavy atom. The van der Waals surface area contributed by atoms with Crippen LogP contribution in [0.3, 0.4) is 0 Å².